The minimum absolute atomic E-state index is 0.0736. The van der Waals surface area contributed by atoms with Crippen LogP contribution < -0.4 is 0 Å². The van der Waals surface area contributed by atoms with Crippen LogP contribution in [0.4, 0.5) is 5.69 Å². The van der Waals surface area contributed by atoms with Crippen molar-refractivity contribution in [3.63, 3.8) is 0 Å². The van der Waals surface area contributed by atoms with Gasteiger partial charge in [0.15, 0.2) is 5.69 Å². The lowest BCUT2D eigenvalue weighted by Crippen LogP contribution is -1.90. The van der Waals surface area contributed by atoms with Gasteiger partial charge in [-0.15, -0.1) is 11.3 Å². The number of nitrogens with zero attached hydrogens (tertiary/aromatic N) is 2. The van der Waals surface area contributed by atoms with Crippen LogP contribution >= 0.6 is 11.3 Å². The molecule has 2 heterocycles. The summed E-state index contributed by atoms with van der Waals surface area (Å²) in [4.78, 5) is 11.4. The smallest absolute Gasteiger partial charge is 0.338 e. The van der Waals surface area contributed by atoms with E-state index in [0.717, 1.165) is 10.4 Å². The number of aryl methyl sites for hydroxylation is 2. The third-order valence-corrected chi connectivity index (χ3v) is 3.31. The first-order valence-corrected chi connectivity index (χ1v) is 5.80. The van der Waals surface area contributed by atoms with Gasteiger partial charge in [0, 0.05) is 4.88 Å². The Bertz CT molecular complexity index is 583. The molecule has 0 radical (unpaired) electrons. The Balaban J connectivity index is 2.34. The Morgan fingerprint density at radius 1 is 1.47 bits per heavy atom. The fourth-order valence-electron chi connectivity index (χ4n) is 1.42. The molecule has 5 nitrogen and oxygen atoms in total. The molecule has 0 amide bonds. The fraction of sp³-hybridized carbons (Fsp3) is 0.182. The Labute approximate surface area is 102 Å². The highest BCUT2D eigenvalue weighted by Crippen LogP contribution is 2.26. The van der Waals surface area contributed by atoms with E-state index in [-0.39, 0.29) is 17.1 Å². The Morgan fingerprint density at radius 2 is 2.24 bits per heavy atom. The van der Waals surface area contributed by atoms with E-state index in [2.05, 4.69) is 5.16 Å². The highest BCUT2D eigenvalue weighted by molar-refractivity contribution is 7.11. The molecule has 88 valence electrons. The maximum Gasteiger partial charge on any atom is 0.338 e. The second-order valence-electron chi connectivity index (χ2n) is 3.54. The van der Waals surface area contributed by atoms with Crippen LogP contribution in [0.25, 0.3) is 12.2 Å². The largest absolute Gasteiger partial charge is 0.349 e. The zero-order valence-electron chi connectivity index (χ0n) is 9.34. The number of hydrogen-bond donors (Lipinski definition) is 0. The highest BCUT2D eigenvalue weighted by atomic mass is 32.1. The Morgan fingerprint density at radius 3 is 2.82 bits per heavy atom. The van der Waals surface area contributed by atoms with E-state index >= 15 is 0 Å². The van der Waals surface area contributed by atoms with Crippen LogP contribution in [0.2, 0.25) is 0 Å². The summed E-state index contributed by atoms with van der Waals surface area (Å²) >= 11 is 1.57. The average Bonchev–Trinajstić information content (AvgIpc) is 2.82. The average molecular weight is 250 g/mol. The van der Waals surface area contributed by atoms with Crippen LogP contribution in [0.15, 0.2) is 16.0 Å². The van der Waals surface area contributed by atoms with Crippen LogP contribution in [-0.2, 0) is 0 Å². The molecule has 0 saturated heterocycles. The first-order valence-electron chi connectivity index (χ1n) is 4.92. The minimum atomic E-state index is -0.479. The first kappa shape index (κ1) is 11.5. The molecule has 0 unspecified atom stereocenters. The lowest BCUT2D eigenvalue weighted by molar-refractivity contribution is -0.386. The molecule has 0 aromatic carbocycles. The summed E-state index contributed by atoms with van der Waals surface area (Å²) in [5.41, 5.74) is 1.35. The number of aromatic nitrogens is 1. The summed E-state index contributed by atoms with van der Waals surface area (Å²) in [5.74, 6) is 0.181. The standard InChI is InChI=1S/C11H10N2O3S/c1-7-5-6-17-10(7)4-3-9-11(13(14)15)8(2)12-16-9/h3-6H,1-2H3/b4-3-. The third kappa shape index (κ3) is 2.26. The van der Waals surface area contributed by atoms with Gasteiger partial charge in [-0.3, -0.25) is 10.1 Å². The van der Waals surface area contributed by atoms with E-state index in [1.54, 1.807) is 30.4 Å². The molecule has 2 aromatic rings. The van der Waals surface area contributed by atoms with E-state index in [1.165, 1.54) is 0 Å². The zero-order valence-corrected chi connectivity index (χ0v) is 10.2. The summed E-state index contributed by atoms with van der Waals surface area (Å²) < 4.78 is 4.92. The highest BCUT2D eigenvalue weighted by Gasteiger charge is 2.21. The molecule has 0 N–H and O–H groups in total. The van der Waals surface area contributed by atoms with Gasteiger partial charge < -0.3 is 4.52 Å². The molecular weight excluding hydrogens is 240 g/mol. The van der Waals surface area contributed by atoms with Crippen LogP contribution in [0.3, 0.4) is 0 Å². The normalized spacial score (nSPS) is 11.2. The number of nitro groups is 1. The van der Waals surface area contributed by atoms with Crippen molar-refractivity contribution in [3.05, 3.63) is 43.5 Å². The van der Waals surface area contributed by atoms with Crippen molar-refractivity contribution in [1.29, 1.82) is 0 Å². The van der Waals surface area contributed by atoms with Gasteiger partial charge in [-0.25, -0.2) is 0 Å². The van der Waals surface area contributed by atoms with Crippen LogP contribution in [0, 0.1) is 24.0 Å². The van der Waals surface area contributed by atoms with Crippen molar-refractivity contribution in [2.24, 2.45) is 0 Å². The molecule has 0 saturated carbocycles. The summed E-state index contributed by atoms with van der Waals surface area (Å²) in [7, 11) is 0. The maximum atomic E-state index is 10.8. The van der Waals surface area contributed by atoms with Gasteiger partial charge in [-0.05, 0) is 43.0 Å². The second-order valence-corrected chi connectivity index (χ2v) is 4.49. The molecule has 0 bridgehead atoms. The molecule has 0 aliphatic rings. The number of thiophene rings is 1. The van der Waals surface area contributed by atoms with Gasteiger partial charge in [-0.1, -0.05) is 5.16 Å². The predicted molar refractivity (Wildman–Crippen MR) is 65.9 cm³/mol. The Hall–Kier alpha value is -1.95. The maximum absolute atomic E-state index is 10.8. The minimum Gasteiger partial charge on any atom is -0.349 e. The van der Waals surface area contributed by atoms with E-state index in [1.807, 2.05) is 18.4 Å². The first-order chi connectivity index (χ1) is 8.09. The summed E-state index contributed by atoms with van der Waals surface area (Å²) in [5, 5.41) is 16.4. The van der Waals surface area contributed by atoms with Crippen molar-refractivity contribution in [2.45, 2.75) is 13.8 Å². The quantitative estimate of drug-likeness (QED) is 0.618. The van der Waals surface area contributed by atoms with E-state index in [4.69, 9.17) is 4.52 Å². The van der Waals surface area contributed by atoms with Gasteiger partial charge in [0.2, 0.25) is 5.76 Å². The topological polar surface area (TPSA) is 69.2 Å². The summed E-state index contributed by atoms with van der Waals surface area (Å²) in [6.07, 6.45) is 3.38. The molecule has 17 heavy (non-hydrogen) atoms. The molecule has 0 spiro atoms. The molecule has 0 aliphatic heterocycles. The molecule has 0 atom stereocenters. The van der Waals surface area contributed by atoms with E-state index in [0.29, 0.717) is 0 Å². The van der Waals surface area contributed by atoms with Gasteiger partial charge >= 0.3 is 5.69 Å². The van der Waals surface area contributed by atoms with Crippen LogP contribution in [0.1, 0.15) is 21.9 Å². The van der Waals surface area contributed by atoms with Crippen molar-refractivity contribution >= 4 is 29.2 Å². The predicted octanol–water partition coefficient (Wildman–Crippen LogP) is 3.43. The third-order valence-electron chi connectivity index (χ3n) is 2.33. The molecule has 0 fully saturated rings. The van der Waals surface area contributed by atoms with Crippen LogP contribution in [0.5, 0.6) is 0 Å². The van der Waals surface area contributed by atoms with Crippen molar-refractivity contribution in [2.75, 3.05) is 0 Å². The molecule has 6 heteroatoms. The van der Waals surface area contributed by atoms with Crippen molar-refractivity contribution in [3.8, 4) is 0 Å². The van der Waals surface area contributed by atoms with Crippen molar-refractivity contribution in [1.82, 2.24) is 5.16 Å². The van der Waals surface area contributed by atoms with Gasteiger partial charge in [-0.2, -0.15) is 0 Å². The summed E-state index contributed by atoms with van der Waals surface area (Å²) in [6, 6.07) is 1.99. The van der Waals surface area contributed by atoms with Crippen molar-refractivity contribution < 1.29 is 9.45 Å². The van der Waals surface area contributed by atoms with Crippen LogP contribution in [-0.4, -0.2) is 10.1 Å². The lowest BCUT2D eigenvalue weighted by Gasteiger charge is -1.89. The molecule has 0 aliphatic carbocycles. The van der Waals surface area contributed by atoms with Gasteiger partial charge in [0.05, 0.1) is 4.92 Å². The van der Waals surface area contributed by atoms with E-state index < -0.39 is 4.92 Å². The molecule has 2 rings (SSSR count). The van der Waals surface area contributed by atoms with Gasteiger partial charge in [0.25, 0.3) is 0 Å². The molecular formula is C11H10N2O3S. The fourth-order valence-corrected chi connectivity index (χ4v) is 2.24. The monoisotopic (exact) mass is 250 g/mol. The number of rotatable bonds is 3. The molecule has 2 aromatic heterocycles. The Kier molecular flexibility index (Phi) is 3.06. The SMILES string of the molecule is Cc1ccsc1/C=C\c1onc(C)c1[N+](=O)[O-]. The number of hydrogen-bond acceptors (Lipinski definition) is 5. The summed E-state index contributed by atoms with van der Waals surface area (Å²) in [6.45, 7) is 3.53. The second kappa shape index (κ2) is 4.50. The van der Waals surface area contributed by atoms with Gasteiger partial charge in [0.1, 0.15) is 0 Å². The zero-order chi connectivity index (χ0) is 12.4. The van der Waals surface area contributed by atoms with E-state index in [9.17, 15) is 10.1 Å². The lowest BCUT2D eigenvalue weighted by atomic mass is 10.2.